The number of nitrogen functional groups attached to an aromatic ring is 1. The molecule has 81 heavy (non-hydrogen) atoms. The van der Waals surface area contributed by atoms with Gasteiger partial charge in [0.1, 0.15) is 15.5 Å². The number of hydrogen-bond donors (Lipinski definition) is 7. The lowest BCUT2D eigenvalue weighted by Gasteiger charge is -2.35. The quantitative estimate of drug-likeness (QED) is 0.0418. The minimum absolute atomic E-state index is 0.00292. The van der Waals surface area contributed by atoms with Gasteiger partial charge in [-0.15, -0.1) is 20.1 Å². The maximum Gasteiger partial charge on any atom is 0.586 e. The highest BCUT2D eigenvalue weighted by atomic mass is 32.1. The van der Waals surface area contributed by atoms with Crippen molar-refractivity contribution in [1.82, 2.24) is 30.4 Å². The number of halogens is 3. The second-order valence-corrected chi connectivity index (χ2v) is 24.9. The summed E-state index contributed by atoms with van der Waals surface area (Å²) in [4.78, 5) is 51.9. The van der Waals surface area contributed by atoms with Gasteiger partial charge in [-0.25, -0.2) is 9.37 Å². The van der Waals surface area contributed by atoms with Gasteiger partial charge >= 0.3 is 6.29 Å². The molecule has 21 heteroatoms. The number of ether oxygens (including phenoxy) is 3. The Morgan fingerprint density at radius 3 is 2.48 bits per heavy atom. The summed E-state index contributed by atoms with van der Waals surface area (Å²) < 4.78 is 60.6. The third-order valence-electron chi connectivity index (χ3n) is 17.6. The largest absolute Gasteiger partial charge is 0.586 e. The van der Waals surface area contributed by atoms with E-state index in [0.29, 0.717) is 102 Å². The Morgan fingerprint density at radius 1 is 0.963 bits per heavy atom. The maximum atomic E-state index is 16.0. The molecule has 12 rings (SSSR count). The number of fused-ring (bicyclic) bond motifs is 6. The number of pyridine rings is 1. The van der Waals surface area contributed by atoms with Gasteiger partial charge in [0.05, 0.1) is 66.5 Å². The molecule has 3 aromatic carbocycles. The van der Waals surface area contributed by atoms with Crippen molar-refractivity contribution in [2.75, 3.05) is 68.5 Å². The fourth-order valence-electron chi connectivity index (χ4n) is 12.8. The topological polar surface area (TPSA) is 218 Å². The van der Waals surface area contributed by atoms with Crippen LogP contribution in [-0.2, 0) is 44.5 Å². The molecule has 2 aliphatic carbocycles. The number of nitrogens with two attached hydrogens (primary N) is 1. The number of aliphatic hydroxyl groups excluding tert-OH is 2. The lowest BCUT2D eigenvalue weighted by Crippen LogP contribution is -2.51. The number of amides is 3. The Morgan fingerprint density at radius 2 is 1.73 bits per heavy atom. The third kappa shape index (κ3) is 11.2. The van der Waals surface area contributed by atoms with Gasteiger partial charge in [-0.2, -0.15) is 0 Å². The molecule has 3 saturated heterocycles. The molecule has 7 heterocycles. The van der Waals surface area contributed by atoms with Crippen molar-refractivity contribution in [3.63, 3.8) is 0 Å². The minimum Gasteiger partial charge on any atom is -0.397 e. The molecule has 2 bridgehead atoms. The Labute approximate surface area is 471 Å². The number of nitrogens with zero attached hydrogens (tertiary/aromatic N) is 4. The summed E-state index contributed by atoms with van der Waals surface area (Å²) in [6.45, 7) is 10.2. The summed E-state index contributed by atoms with van der Waals surface area (Å²) in [5.74, 6) is -1.91. The normalized spacial score (nSPS) is 21.9. The summed E-state index contributed by atoms with van der Waals surface area (Å²) in [7, 11) is 0. The van der Waals surface area contributed by atoms with Crippen LogP contribution in [0, 0.1) is 11.7 Å². The highest BCUT2D eigenvalue weighted by Crippen LogP contribution is 2.52. The van der Waals surface area contributed by atoms with Crippen LogP contribution in [0.2, 0.25) is 0 Å². The molecular formula is C60H70F3N9O8S. The summed E-state index contributed by atoms with van der Waals surface area (Å²) >= 11 is 1.28. The average Bonchev–Trinajstić information content (AvgIpc) is 4.07. The summed E-state index contributed by atoms with van der Waals surface area (Å²) in [5.41, 5.74) is 11.5. The Bertz CT molecular complexity index is 3400. The zero-order valence-electron chi connectivity index (χ0n) is 45.8. The number of likely N-dealkylation sites (tertiary alicyclic amines) is 1. The second-order valence-electron chi connectivity index (χ2n) is 23.9. The van der Waals surface area contributed by atoms with E-state index >= 15 is 4.39 Å². The van der Waals surface area contributed by atoms with Crippen molar-refractivity contribution in [3.8, 4) is 11.5 Å². The Hall–Kier alpha value is -6.49. The van der Waals surface area contributed by atoms with E-state index in [1.54, 1.807) is 4.57 Å². The predicted molar refractivity (Wildman–Crippen MR) is 303 cm³/mol. The van der Waals surface area contributed by atoms with Gasteiger partial charge < -0.3 is 65.8 Å². The molecule has 430 valence electrons. The summed E-state index contributed by atoms with van der Waals surface area (Å²) in [6.07, 6.45) is 2.30. The Balaban J connectivity index is 0.611. The van der Waals surface area contributed by atoms with E-state index in [0.717, 1.165) is 43.4 Å². The number of piperidine rings is 1. The molecular weight excluding hydrogens is 1060 g/mol. The van der Waals surface area contributed by atoms with Crippen LogP contribution in [0.4, 0.5) is 30.2 Å². The van der Waals surface area contributed by atoms with Gasteiger partial charge in [0, 0.05) is 77.3 Å². The van der Waals surface area contributed by atoms with E-state index in [1.165, 1.54) is 71.3 Å². The van der Waals surface area contributed by atoms with Crippen molar-refractivity contribution in [2.24, 2.45) is 5.92 Å². The number of carbonyl (C=O) groups excluding carboxylic acids is 3. The highest BCUT2D eigenvalue weighted by Gasteiger charge is 2.53. The minimum atomic E-state index is -3.81. The number of anilines is 3. The van der Waals surface area contributed by atoms with Gasteiger partial charge in [-0.3, -0.25) is 14.4 Å². The van der Waals surface area contributed by atoms with Crippen LogP contribution >= 0.6 is 11.3 Å². The van der Waals surface area contributed by atoms with E-state index in [9.17, 15) is 33.4 Å². The van der Waals surface area contributed by atoms with Gasteiger partial charge in [-0.1, -0.05) is 26.0 Å². The first-order chi connectivity index (χ1) is 38.8. The van der Waals surface area contributed by atoms with E-state index in [1.807, 2.05) is 39.0 Å². The van der Waals surface area contributed by atoms with Gasteiger partial charge in [-0.05, 0) is 143 Å². The first-order valence-electron chi connectivity index (χ1n) is 28.4. The molecule has 4 aliphatic heterocycles. The number of aliphatic hydroxyl groups is 2. The number of hydrogen-bond acceptors (Lipinski definition) is 14. The lowest BCUT2D eigenvalue weighted by molar-refractivity contribution is -0.286. The molecule has 0 radical (unpaired) electrons. The fraction of sp³-hybridized carbons (Fsp3) is 0.500. The molecule has 17 nitrogen and oxygen atoms in total. The number of carbonyl (C=O) groups is 3. The molecule has 5 atom stereocenters. The number of alkyl halides is 2. The third-order valence-corrected chi connectivity index (χ3v) is 18.7. The monoisotopic (exact) mass is 1130 g/mol. The second kappa shape index (κ2) is 21.7. The number of piperazine rings is 1. The van der Waals surface area contributed by atoms with E-state index in [2.05, 4.69) is 58.7 Å². The number of rotatable bonds is 18. The number of benzene rings is 3. The van der Waals surface area contributed by atoms with E-state index in [4.69, 9.17) is 15.5 Å². The zero-order chi connectivity index (χ0) is 56.5. The predicted octanol–water partition coefficient (Wildman–Crippen LogP) is 7.43. The van der Waals surface area contributed by atoms with Gasteiger partial charge in [0.25, 0.3) is 5.91 Å². The van der Waals surface area contributed by atoms with Crippen LogP contribution in [-0.4, -0.2) is 125 Å². The molecule has 4 fully saturated rings. The molecule has 6 aromatic rings. The maximum absolute atomic E-state index is 16.0. The van der Waals surface area contributed by atoms with Crippen molar-refractivity contribution in [2.45, 2.75) is 132 Å². The van der Waals surface area contributed by atoms with Gasteiger partial charge in [0.15, 0.2) is 11.5 Å². The van der Waals surface area contributed by atoms with E-state index < -0.39 is 41.6 Å². The number of thiophene rings is 1. The molecule has 6 aliphatic rings. The first kappa shape index (κ1) is 55.1. The molecule has 0 spiro atoms. The highest BCUT2D eigenvalue weighted by molar-refractivity contribution is 7.21. The van der Waals surface area contributed by atoms with Crippen LogP contribution in [0.5, 0.6) is 11.5 Å². The van der Waals surface area contributed by atoms with Crippen molar-refractivity contribution >= 4 is 67.2 Å². The van der Waals surface area contributed by atoms with Crippen molar-refractivity contribution in [3.05, 3.63) is 106 Å². The van der Waals surface area contributed by atoms with Crippen LogP contribution in [0.1, 0.15) is 110 Å². The first-order valence-corrected chi connectivity index (χ1v) is 29.2. The zero-order valence-corrected chi connectivity index (χ0v) is 46.6. The number of aromatic nitrogens is 2. The molecule has 1 saturated carbocycles. The number of nitrogens with one attached hydrogen (secondary N) is 4. The summed E-state index contributed by atoms with van der Waals surface area (Å²) in [6, 6.07) is 20.3. The fourth-order valence-corrected chi connectivity index (χ4v) is 13.8. The summed E-state index contributed by atoms with van der Waals surface area (Å²) in [5, 5.41) is 34.6. The van der Waals surface area contributed by atoms with Crippen LogP contribution < -0.4 is 41.4 Å². The van der Waals surface area contributed by atoms with Crippen LogP contribution in [0.25, 0.3) is 21.1 Å². The van der Waals surface area contributed by atoms with Crippen LogP contribution in [0.15, 0.2) is 66.7 Å². The lowest BCUT2D eigenvalue weighted by atomic mass is 9.87. The SMILES string of the molecule is CC(NC(=O)C1CCN(CCOCC(C)(C)c2cc3cc(NC(=O)C4(c5ccc6c(c5)OC(F)(F)O6)CC4)c(F)cc3n2C[C@@H](O)CO)CC1)c1ccc2c(N)c(C(=O)N[C@H]3CCc4cc(N5C[C@H]6CC[C@@H](C5)N6)ccc4C3)sc2n1. The van der Waals surface area contributed by atoms with Crippen LogP contribution in [0.3, 0.4) is 0 Å². The Kier molecular flexibility index (Phi) is 14.7. The standard InChI is InChI=1S/C60H70F3N9O8S/c1-33(46-12-11-44-52(64)53(81-56(44)68-46)55(76)67-39-7-4-36-23-42(10-5-35(36)22-39)71-28-40-8-9-41(29-71)66-40)65-54(75)34-14-18-70(19-15-34)20-21-78-32-58(2,3)51-25-37-24-47(45(61)27-48(37)72(51)30-43(74)31-73)69-57(77)59(16-17-59)38-6-13-49-50(26-38)80-60(62,63)79-49/h5-6,10-13,23-27,33-34,39-41,43,66,73-74H,4,7-9,14-22,28-32,64H2,1-3H3,(H,65,75)(H,67,76)(H,69,77)/t33?,39-,40-,41+,43+/m0/s1. The molecule has 1 unspecified atom stereocenters. The average molecular weight is 1130 g/mol. The number of aryl methyl sites for hydroxylation is 1. The van der Waals surface area contributed by atoms with Gasteiger partial charge in [0.2, 0.25) is 11.8 Å². The molecule has 3 amide bonds. The molecule has 3 aromatic heterocycles. The van der Waals surface area contributed by atoms with E-state index in [-0.39, 0.29) is 60.2 Å². The smallest absolute Gasteiger partial charge is 0.397 e. The van der Waals surface area contributed by atoms with Crippen molar-refractivity contribution in [1.29, 1.82) is 0 Å². The van der Waals surface area contributed by atoms with Crippen molar-refractivity contribution < 1.29 is 52.0 Å². The molecule has 8 N–H and O–H groups in total.